The summed E-state index contributed by atoms with van der Waals surface area (Å²) in [4.78, 5) is 9.09. The van der Waals surface area contributed by atoms with Crippen LogP contribution in [0, 0.1) is 6.92 Å². The molecule has 0 aliphatic carbocycles. The number of rotatable bonds is 2. The van der Waals surface area contributed by atoms with Gasteiger partial charge in [-0.2, -0.15) is 0 Å². The van der Waals surface area contributed by atoms with Crippen LogP contribution < -0.4 is 5.73 Å². The van der Waals surface area contributed by atoms with Crippen molar-refractivity contribution in [3.05, 3.63) is 40.5 Å². The minimum Gasteiger partial charge on any atom is -0.399 e. The Hall–Kier alpha value is -1.11. The van der Waals surface area contributed by atoms with Crippen LogP contribution in [0.25, 0.3) is 10.2 Å². The van der Waals surface area contributed by atoms with Gasteiger partial charge in [0.15, 0.2) is 4.34 Å². The highest BCUT2D eigenvalue weighted by Gasteiger charge is 2.07. The Morgan fingerprint density at radius 1 is 1.21 bits per heavy atom. The summed E-state index contributed by atoms with van der Waals surface area (Å²) in [6, 6.07) is 9.78. The van der Waals surface area contributed by atoms with E-state index in [-0.39, 0.29) is 0 Å². The second kappa shape index (κ2) is 5.11. The average Bonchev–Trinajstić information content (AvgIpc) is 2.75. The van der Waals surface area contributed by atoms with E-state index in [9.17, 15) is 0 Å². The van der Waals surface area contributed by atoms with E-state index in [4.69, 9.17) is 5.73 Å². The number of hydrogen-bond donors (Lipinski definition) is 1. The van der Waals surface area contributed by atoms with Crippen molar-refractivity contribution in [3.8, 4) is 0 Å². The van der Waals surface area contributed by atoms with Crippen LogP contribution in [0.3, 0.4) is 0 Å². The van der Waals surface area contributed by atoms with Crippen molar-refractivity contribution < 1.29 is 0 Å². The van der Waals surface area contributed by atoms with E-state index in [2.05, 4.69) is 25.9 Å². The van der Waals surface area contributed by atoms with Gasteiger partial charge in [-0.15, -0.1) is 11.3 Å². The number of thiazole rings is 1. The lowest BCUT2D eigenvalue weighted by molar-refractivity contribution is 1.05. The molecule has 1 aromatic carbocycles. The van der Waals surface area contributed by atoms with Crippen LogP contribution in [0.15, 0.2) is 44.2 Å². The topological polar surface area (TPSA) is 51.8 Å². The molecule has 96 valence electrons. The Balaban J connectivity index is 1.94. The molecule has 0 bridgehead atoms. The maximum absolute atomic E-state index is 5.78. The summed E-state index contributed by atoms with van der Waals surface area (Å²) in [5.74, 6) is 0. The van der Waals surface area contributed by atoms with Crippen molar-refractivity contribution in [1.29, 1.82) is 0 Å². The van der Waals surface area contributed by atoms with Gasteiger partial charge in [0, 0.05) is 10.2 Å². The van der Waals surface area contributed by atoms with Crippen molar-refractivity contribution in [2.45, 2.75) is 16.3 Å². The molecule has 0 aliphatic rings. The van der Waals surface area contributed by atoms with Gasteiger partial charge in [-0.3, -0.25) is 0 Å². The zero-order chi connectivity index (χ0) is 13.4. The molecule has 2 N–H and O–H groups in total. The van der Waals surface area contributed by atoms with Crippen LogP contribution in [0.4, 0.5) is 5.69 Å². The fourth-order valence-electron chi connectivity index (χ4n) is 1.63. The summed E-state index contributed by atoms with van der Waals surface area (Å²) in [6.07, 6.45) is 0. The maximum atomic E-state index is 5.78. The SMILES string of the molecule is Cc1nc(Sc2nc3ccc(N)cc3s2)ccc1Br. The van der Waals surface area contributed by atoms with Crippen LogP contribution in [-0.2, 0) is 0 Å². The number of anilines is 1. The van der Waals surface area contributed by atoms with Crippen molar-refractivity contribution in [2.24, 2.45) is 0 Å². The molecular formula is C13H10BrN3S2. The second-order valence-electron chi connectivity index (χ2n) is 4.03. The number of hydrogen-bond acceptors (Lipinski definition) is 5. The molecule has 3 rings (SSSR count). The van der Waals surface area contributed by atoms with Gasteiger partial charge < -0.3 is 5.73 Å². The molecule has 0 fully saturated rings. The van der Waals surface area contributed by atoms with E-state index in [0.29, 0.717) is 0 Å². The van der Waals surface area contributed by atoms with E-state index in [1.54, 1.807) is 23.1 Å². The Morgan fingerprint density at radius 3 is 2.84 bits per heavy atom. The molecule has 0 aliphatic heterocycles. The molecule has 3 nitrogen and oxygen atoms in total. The first-order valence-corrected chi connectivity index (χ1v) is 8.01. The van der Waals surface area contributed by atoms with Crippen molar-refractivity contribution in [1.82, 2.24) is 9.97 Å². The van der Waals surface area contributed by atoms with Crippen LogP contribution in [-0.4, -0.2) is 9.97 Å². The first-order chi connectivity index (χ1) is 9.11. The fraction of sp³-hybridized carbons (Fsp3) is 0.0769. The van der Waals surface area contributed by atoms with Crippen molar-refractivity contribution in [3.63, 3.8) is 0 Å². The molecule has 0 saturated carbocycles. The molecule has 0 saturated heterocycles. The molecule has 0 spiro atoms. The average molecular weight is 352 g/mol. The largest absolute Gasteiger partial charge is 0.399 e. The van der Waals surface area contributed by atoms with Crippen molar-refractivity contribution in [2.75, 3.05) is 5.73 Å². The van der Waals surface area contributed by atoms with E-state index in [1.165, 1.54) is 0 Å². The Labute approximate surface area is 127 Å². The van der Waals surface area contributed by atoms with Crippen LogP contribution in [0.1, 0.15) is 5.69 Å². The van der Waals surface area contributed by atoms with Crippen molar-refractivity contribution >= 4 is 54.9 Å². The lowest BCUT2D eigenvalue weighted by Gasteiger charge is -2.00. The zero-order valence-corrected chi connectivity index (χ0v) is 13.3. The number of nitrogens with two attached hydrogens (primary N) is 1. The predicted octanol–water partition coefficient (Wildman–Crippen LogP) is 4.50. The minimum absolute atomic E-state index is 0.769. The number of pyridine rings is 1. The smallest absolute Gasteiger partial charge is 0.157 e. The lowest BCUT2D eigenvalue weighted by Crippen LogP contribution is -1.85. The normalized spacial score (nSPS) is 11.1. The fourth-order valence-corrected chi connectivity index (χ4v) is 3.93. The number of fused-ring (bicyclic) bond motifs is 1. The Bertz CT molecular complexity index is 755. The maximum Gasteiger partial charge on any atom is 0.157 e. The molecule has 19 heavy (non-hydrogen) atoms. The van der Waals surface area contributed by atoms with E-state index in [1.807, 2.05) is 37.3 Å². The van der Waals surface area contributed by atoms with Gasteiger partial charge in [0.05, 0.1) is 15.9 Å². The summed E-state index contributed by atoms with van der Waals surface area (Å²) in [5, 5.41) is 0.952. The summed E-state index contributed by atoms with van der Waals surface area (Å²) >= 11 is 6.67. The molecule has 3 aromatic rings. The number of aryl methyl sites for hydroxylation is 1. The second-order valence-corrected chi connectivity index (χ2v) is 7.18. The summed E-state index contributed by atoms with van der Waals surface area (Å²) < 4.78 is 3.11. The molecule has 0 unspecified atom stereocenters. The van der Waals surface area contributed by atoms with Crippen LogP contribution in [0.5, 0.6) is 0 Å². The highest BCUT2D eigenvalue weighted by molar-refractivity contribution is 9.10. The number of benzene rings is 1. The van der Waals surface area contributed by atoms with Gasteiger partial charge in [0.1, 0.15) is 5.03 Å². The molecule has 0 amide bonds. The molecule has 0 radical (unpaired) electrons. The molecule has 2 heterocycles. The monoisotopic (exact) mass is 351 g/mol. The van der Waals surface area contributed by atoms with Gasteiger partial charge in [-0.25, -0.2) is 9.97 Å². The lowest BCUT2D eigenvalue weighted by atomic mass is 10.3. The molecular weight excluding hydrogens is 342 g/mol. The molecule has 2 aromatic heterocycles. The van der Waals surface area contributed by atoms with E-state index < -0.39 is 0 Å². The first-order valence-electron chi connectivity index (χ1n) is 5.59. The summed E-state index contributed by atoms with van der Waals surface area (Å²) in [7, 11) is 0. The quantitative estimate of drug-likeness (QED) is 0.690. The molecule has 0 atom stereocenters. The standard InChI is InChI=1S/C13H10BrN3S2/c1-7-9(14)3-5-12(16-7)19-13-17-10-4-2-8(15)6-11(10)18-13/h2-6H,15H2,1H3. The Morgan fingerprint density at radius 2 is 2.05 bits per heavy atom. The van der Waals surface area contributed by atoms with Crippen LogP contribution in [0.2, 0.25) is 0 Å². The highest BCUT2D eigenvalue weighted by atomic mass is 79.9. The third-order valence-electron chi connectivity index (χ3n) is 2.58. The number of nitrogen functional groups attached to an aromatic ring is 1. The highest BCUT2D eigenvalue weighted by Crippen LogP contribution is 2.34. The summed E-state index contributed by atoms with van der Waals surface area (Å²) in [5.41, 5.74) is 8.51. The third-order valence-corrected chi connectivity index (χ3v) is 5.43. The predicted molar refractivity (Wildman–Crippen MR) is 84.8 cm³/mol. The Kier molecular flexibility index (Phi) is 3.47. The van der Waals surface area contributed by atoms with E-state index in [0.717, 1.165) is 35.4 Å². The van der Waals surface area contributed by atoms with Gasteiger partial charge in [-0.05, 0) is 64.9 Å². The third kappa shape index (κ3) is 2.75. The van der Waals surface area contributed by atoms with Gasteiger partial charge in [0.2, 0.25) is 0 Å². The van der Waals surface area contributed by atoms with Gasteiger partial charge >= 0.3 is 0 Å². The molecule has 6 heteroatoms. The van der Waals surface area contributed by atoms with Gasteiger partial charge in [-0.1, -0.05) is 0 Å². The van der Waals surface area contributed by atoms with Gasteiger partial charge in [0.25, 0.3) is 0 Å². The minimum atomic E-state index is 0.769. The zero-order valence-electron chi connectivity index (χ0n) is 10.1. The van der Waals surface area contributed by atoms with E-state index >= 15 is 0 Å². The number of nitrogens with zero attached hydrogens (tertiary/aromatic N) is 2. The first kappa shape index (κ1) is 12.9. The van der Waals surface area contributed by atoms with Crippen LogP contribution >= 0.6 is 39.0 Å². The number of aromatic nitrogens is 2. The number of halogens is 1. The summed E-state index contributed by atoms with van der Waals surface area (Å²) in [6.45, 7) is 1.98.